The highest BCUT2D eigenvalue weighted by atomic mass is 16.3. The Balaban J connectivity index is 1.15. The van der Waals surface area contributed by atoms with E-state index in [4.69, 9.17) is 9.40 Å². The molecule has 0 spiro atoms. The summed E-state index contributed by atoms with van der Waals surface area (Å²) in [4.78, 5) is 7.32. The van der Waals surface area contributed by atoms with Gasteiger partial charge in [0.2, 0.25) is 5.89 Å². The molecule has 10 aromatic rings. The summed E-state index contributed by atoms with van der Waals surface area (Å²) in [5, 5.41) is 4.61. The summed E-state index contributed by atoms with van der Waals surface area (Å²) in [6.45, 7) is 0. The van der Waals surface area contributed by atoms with Crippen molar-refractivity contribution >= 4 is 60.7 Å². The normalized spacial score (nSPS) is 11.5. The van der Waals surface area contributed by atoms with E-state index in [0.29, 0.717) is 5.89 Å². The second-order valence-electron chi connectivity index (χ2n) is 12.8. The summed E-state index contributed by atoms with van der Waals surface area (Å²) < 4.78 is 8.75. The zero-order valence-electron chi connectivity index (χ0n) is 27.6. The van der Waals surface area contributed by atoms with Crippen molar-refractivity contribution in [2.75, 3.05) is 4.90 Å². The van der Waals surface area contributed by atoms with E-state index in [0.717, 1.165) is 61.3 Å². The van der Waals surface area contributed by atoms with Gasteiger partial charge in [0.05, 0.1) is 16.7 Å². The second kappa shape index (κ2) is 11.9. The predicted molar refractivity (Wildman–Crippen MR) is 211 cm³/mol. The summed E-state index contributed by atoms with van der Waals surface area (Å²) in [6, 6.07) is 66.2. The third-order valence-corrected chi connectivity index (χ3v) is 9.80. The summed E-state index contributed by atoms with van der Waals surface area (Å²) in [5.41, 5.74) is 11.6. The van der Waals surface area contributed by atoms with Gasteiger partial charge in [-0.05, 0) is 89.3 Å². The Morgan fingerprint density at radius 2 is 1.08 bits per heavy atom. The molecule has 0 aliphatic heterocycles. The molecule has 0 bridgehead atoms. The fourth-order valence-electron chi connectivity index (χ4n) is 7.53. The average molecular weight is 654 g/mol. The van der Waals surface area contributed by atoms with Crippen LogP contribution in [0, 0.1) is 0 Å². The first-order valence-corrected chi connectivity index (χ1v) is 17.2. The lowest BCUT2D eigenvalue weighted by atomic mass is 9.97. The van der Waals surface area contributed by atoms with Crippen LogP contribution in [0.25, 0.3) is 71.9 Å². The van der Waals surface area contributed by atoms with Crippen molar-refractivity contribution in [2.24, 2.45) is 0 Å². The van der Waals surface area contributed by atoms with Crippen LogP contribution in [-0.2, 0) is 0 Å². The monoisotopic (exact) mass is 653 g/mol. The summed E-state index contributed by atoms with van der Waals surface area (Å²) in [6.07, 6.45) is 0. The zero-order chi connectivity index (χ0) is 33.7. The van der Waals surface area contributed by atoms with Gasteiger partial charge < -0.3 is 13.9 Å². The second-order valence-corrected chi connectivity index (χ2v) is 12.8. The summed E-state index contributed by atoms with van der Waals surface area (Å²) in [5.74, 6) is 0.629. The Morgan fingerprint density at radius 1 is 0.471 bits per heavy atom. The summed E-state index contributed by atoms with van der Waals surface area (Å²) >= 11 is 0. The predicted octanol–water partition coefficient (Wildman–Crippen LogP) is 12.9. The van der Waals surface area contributed by atoms with Crippen molar-refractivity contribution in [1.82, 2.24) is 9.55 Å². The van der Waals surface area contributed by atoms with E-state index in [1.165, 1.54) is 21.8 Å². The molecule has 0 saturated carbocycles. The molecule has 0 atom stereocenters. The van der Waals surface area contributed by atoms with Gasteiger partial charge in [-0.25, -0.2) is 4.98 Å². The topological polar surface area (TPSA) is 34.2 Å². The fraction of sp³-hybridized carbons (Fsp3) is 0. The quantitative estimate of drug-likeness (QED) is 0.179. The first kappa shape index (κ1) is 29.0. The molecule has 2 aromatic heterocycles. The van der Waals surface area contributed by atoms with Gasteiger partial charge in [0.1, 0.15) is 5.52 Å². The van der Waals surface area contributed by atoms with Gasteiger partial charge in [-0.3, -0.25) is 0 Å². The number of rotatable bonds is 6. The number of hydrogen-bond acceptors (Lipinski definition) is 3. The van der Waals surface area contributed by atoms with Crippen LogP contribution in [-0.4, -0.2) is 9.55 Å². The molecular formula is C47H31N3O. The third kappa shape index (κ3) is 4.80. The van der Waals surface area contributed by atoms with Gasteiger partial charge in [-0.15, -0.1) is 0 Å². The van der Waals surface area contributed by atoms with Crippen molar-refractivity contribution in [3.8, 4) is 28.3 Å². The maximum absolute atomic E-state index is 6.38. The Bertz CT molecular complexity index is 2840. The van der Waals surface area contributed by atoms with Crippen LogP contribution in [0.3, 0.4) is 0 Å². The summed E-state index contributed by atoms with van der Waals surface area (Å²) in [7, 11) is 0. The number of aromatic nitrogens is 2. The molecule has 0 aliphatic carbocycles. The molecule has 0 unspecified atom stereocenters. The van der Waals surface area contributed by atoms with Crippen LogP contribution in [0.15, 0.2) is 192 Å². The fourth-order valence-corrected chi connectivity index (χ4v) is 7.53. The highest BCUT2D eigenvalue weighted by molar-refractivity contribution is 6.16. The lowest BCUT2D eigenvalue weighted by molar-refractivity contribution is 0.623. The minimum Gasteiger partial charge on any atom is -0.435 e. The van der Waals surface area contributed by atoms with E-state index in [1.54, 1.807) is 0 Å². The van der Waals surface area contributed by atoms with Crippen molar-refractivity contribution in [2.45, 2.75) is 0 Å². The molecule has 0 radical (unpaired) electrons. The number of oxazole rings is 1. The van der Waals surface area contributed by atoms with E-state index >= 15 is 0 Å². The molecule has 0 aliphatic rings. The SMILES string of the molecule is c1ccc(-c2nc3cc(-c4ccc(N(c5ccccc5)c5cccc6c5c5ccccc5n6-c5ccccc5)cc4)c4ccccc4c3o2)cc1. The number of benzene rings is 8. The van der Waals surface area contributed by atoms with E-state index in [1.807, 2.05) is 30.3 Å². The van der Waals surface area contributed by atoms with Crippen molar-refractivity contribution in [1.29, 1.82) is 0 Å². The van der Waals surface area contributed by atoms with Crippen LogP contribution in [0.2, 0.25) is 0 Å². The van der Waals surface area contributed by atoms with Crippen LogP contribution in [0.5, 0.6) is 0 Å². The first-order valence-electron chi connectivity index (χ1n) is 17.2. The molecule has 0 amide bonds. The number of anilines is 3. The Kier molecular flexibility index (Phi) is 6.78. The molecule has 240 valence electrons. The molecule has 10 rings (SSSR count). The van der Waals surface area contributed by atoms with Crippen LogP contribution in [0.4, 0.5) is 17.1 Å². The van der Waals surface area contributed by atoms with E-state index in [-0.39, 0.29) is 0 Å². The van der Waals surface area contributed by atoms with Crippen LogP contribution in [0.1, 0.15) is 0 Å². The number of para-hydroxylation sites is 3. The maximum atomic E-state index is 6.38. The molecule has 0 N–H and O–H groups in total. The molecule has 0 fully saturated rings. The van der Waals surface area contributed by atoms with Gasteiger partial charge in [0, 0.05) is 38.8 Å². The van der Waals surface area contributed by atoms with Crippen molar-refractivity contribution in [3.63, 3.8) is 0 Å². The highest BCUT2D eigenvalue weighted by Crippen LogP contribution is 2.44. The standard InChI is InChI=1S/C47H31N3O/c1-4-15-33(16-5-1)47-48-41-31-40(37-21-10-11-22-38(37)46(41)51-47)32-27-29-36(30-28-32)49(34-17-6-2-7-18-34)43-25-14-26-44-45(43)39-23-12-13-24-42(39)50(44)35-19-8-3-9-20-35/h1-31H. The van der Waals surface area contributed by atoms with Crippen LogP contribution >= 0.6 is 0 Å². The van der Waals surface area contributed by atoms with Crippen LogP contribution < -0.4 is 4.90 Å². The maximum Gasteiger partial charge on any atom is 0.227 e. The molecule has 2 heterocycles. The number of fused-ring (bicyclic) bond motifs is 6. The number of hydrogen-bond donors (Lipinski definition) is 0. The van der Waals surface area contributed by atoms with E-state index < -0.39 is 0 Å². The lowest BCUT2D eigenvalue weighted by Gasteiger charge is -2.26. The Labute approximate surface area is 295 Å². The van der Waals surface area contributed by atoms with Gasteiger partial charge in [-0.1, -0.05) is 115 Å². The molecule has 0 saturated heterocycles. The minimum atomic E-state index is 0.629. The lowest BCUT2D eigenvalue weighted by Crippen LogP contribution is -2.10. The average Bonchev–Trinajstić information content (AvgIpc) is 3.80. The molecule has 4 nitrogen and oxygen atoms in total. The molecule has 4 heteroatoms. The van der Waals surface area contributed by atoms with E-state index in [9.17, 15) is 0 Å². The zero-order valence-corrected chi connectivity index (χ0v) is 27.6. The van der Waals surface area contributed by atoms with Gasteiger partial charge in [0.15, 0.2) is 5.58 Å². The van der Waals surface area contributed by atoms with Gasteiger partial charge in [-0.2, -0.15) is 0 Å². The van der Waals surface area contributed by atoms with Crippen molar-refractivity contribution < 1.29 is 4.42 Å². The van der Waals surface area contributed by atoms with Crippen molar-refractivity contribution in [3.05, 3.63) is 188 Å². The third-order valence-electron chi connectivity index (χ3n) is 9.80. The van der Waals surface area contributed by atoms with E-state index in [2.05, 4.69) is 167 Å². The Hall–Kier alpha value is -6.91. The Morgan fingerprint density at radius 3 is 1.84 bits per heavy atom. The smallest absolute Gasteiger partial charge is 0.227 e. The first-order chi connectivity index (χ1) is 25.3. The largest absolute Gasteiger partial charge is 0.435 e. The van der Waals surface area contributed by atoms with Gasteiger partial charge in [0.25, 0.3) is 0 Å². The molecule has 51 heavy (non-hydrogen) atoms. The molecule has 8 aromatic carbocycles. The molecular weight excluding hydrogens is 623 g/mol. The van der Waals surface area contributed by atoms with Gasteiger partial charge >= 0.3 is 0 Å². The minimum absolute atomic E-state index is 0.629. The number of nitrogens with zero attached hydrogens (tertiary/aromatic N) is 3. The highest BCUT2D eigenvalue weighted by Gasteiger charge is 2.21.